The van der Waals surface area contributed by atoms with Gasteiger partial charge in [0.25, 0.3) is 5.91 Å². The smallest absolute Gasteiger partial charge is 0.276 e. The summed E-state index contributed by atoms with van der Waals surface area (Å²) >= 11 is 0. The molecule has 1 amide bonds. The number of aliphatic hydroxyl groups is 1. The van der Waals surface area contributed by atoms with E-state index in [2.05, 4.69) is 0 Å². The second kappa shape index (κ2) is 3.85. The summed E-state index contributed by atoms with van der Waals surface area (Å²) in [6.07, 6.45) is -1.31. The van der Waals surface area contributed by atoms with Crippen LogP contribution in [0.1, 0.15) is 11.7 Å². The molecule has 0 spiro atoms. The van der Waals surface area contributed by atoms with Gasteiger partial charge in [-0.2, -0.15) is 0 Å². The zero-order valence-electron chi connectivity index (χ0n) is 6.27. The van der Waals surface area contributed by atoms with E-state index in [0.717, 1.165) is 0 Å². The molecule has 1 aromatic carbocycles. The van der Waals surface area contributed by atoms with Gasteiger partial charge in [0, 0.05) is 0 Å². The normalized spacial score (nSPS) is 12.2. The van der Waals surface area contributed by atoms with Gasteiger partial charge in [-0.25, -0.2) is 5.48 Å². The molecule has 4 heteroatoms. The lowest BCUT2D eigenvalue weighted by molar-refractivity contribution is -0.138. The molecule has 0 saturated heterocycles. The summed E-state index contributed by atoms with van der Waals surface area (Å²) < 4.78 is 0. The fourth-order valence-corrected chi connectivity index (χ4v) is 0.848. The van der Waals surface area contributed by atoms with Crippen LogP contribution in [0.25, 0.3) is 0 Å². The zero-order valence-corrected chi connectivity index (χ0v) is 6.27. The quantitative estimate of drug-likeness (QED) is 0.436. The molecule has 64 valence electrons. The van der Waals surface area contributed by atoms with Crippen LogP contribution < -0.4 is 5.48 Å². The minimum absolute atomic E-state index is 0.448. The largest absolute Gasteiger partial charge is 0.378 e. The number of rotatable bonds is 2. The van der Waals surface area contributed by atoms with Gasteiger partial charge in [-0.1, -0.05) is 30.3 Å². The molecule has 1 rings (SSSR count). The van der Waals surface area contributed by atoms with Crippen LogP contribution in [0.15, 0.2) is 30.3 Å². The maximum atomic E-state index is 10.7. The van der Waals surface area contributed by atoms with Crippen LogP contribution in [0.5, 0.6) is 0 Å². The highest BCUT2D eigenvalue weighted by atomic mass is 16.5. The number of hydrogen-bond donors (Lipinski definition) is 3. The van der Waals surface area contributed by atoms with E-state index >= 15 is 0 Å². The van der Waals surface area contributed by atoms with Gasteiger partial charge in [0.05, 0.1) is 0 Å². The van der Waals surface area contributed by atoms with Gasteiger partial charge >= 0.3 is 0 Å². The lowest BCUT2D eigenvalue weighted by Crippen LogP contribution is -2.25. The molecular weight excluding hydrogens is 158 g/mol. The first-order valence-electron chi connectivity index (χ1n) is 3.42. The van der Waals surface area contributed by atoms with Crippen molar-refractivity contribution in [2.45, 2.75) is 6.10 Å². The minimum atomic E-state index is -1.31. The van der Waals surface area contributed by atoms with E-state index < -0.39 is 12.0 Å². The predicted molar refractivity (Wildman–Crippen MR) is 41.3 cm³/mol. The SMILES string of the molecule is O=C(NO)[C@H](O)c1ccccc1. The number of nitrogens with one attached hydrogen (secondary N) is 1. The van der Waals surface area contributed by atoms with Crippen LogP contribution in [0.4, 0.5) is 0 Å². The van der Waals surface area contributed by atoms with Crippen LogP contribution >= 0.6 is 0 Å². The summed E-state index contributed by atoms with van der Waals surface area (Å²) in [7, 11) is 0. The number of hydrogen-bond acceptors (Lipinski definition) is 3. The summed E-state index contributed by atoms with van der Waals surface area (Å²) in [5, 5.41) is 17.4. The molecule has 1 aromatic rings. The molecule has 0 heterocycles. The number of hydroxylamine groups is 1. The number of aliphatic hydroxyl groups excluding tert-OH is 1. The Morgan fingerprint density at radius 2 is 1.92 bits per heavy atom. The van der Waals surface area contributed by atoms with Crippen molar-refractivity contribution in [1.82, 2.24) is 5.48 Å². The van der Waals surface area contributed by atoms with Crippen LogP contribution in [0.3, 0.4) is 0 Å². The van der Waals surface area contributed by atoms with Gasteiger partial charge in [0.1, 0.15) is 0 Å². The Kier molecular flexibility index (Phi) is 2.79. The van der Waals surface area contributed by atoms with E-state index in [1.54, 1.807) is 30.3 Å². The minimum Gasteiger partial charge on any atom is -0.378 e. The van der Waals surface area contributed by atoms with Crippen molar-refractivity contribution in [2.75, 3.05) is 0 Å². The van der Waals surface area contributed by atoms with Crippen molar-refractivity contribution in [1.29, 1.82) is 0 Å². The maximum absolute atomic E-state index is 10.7. The Hall–Kier alpha value is -1.39. The third-order valence-corrected chi connectivity index (χ3v) is 1.47. The predicted octanol–water partition coefficient (Wildman–Crippen LogP) is 0.225. The average Bonchev–Trinajstić information content (AvgIpc) is 2.17. The molecule has 0 aliphatic carbocycles. The van der Waals surface area contributed by atoms with E-state index in [-0.39, 0.29) is 0 Å². The van der Waals surface area contributed by atoms with Crippen molar-refractivity contribution in [3.8, 4) is 0 Å². The van der Waals surface area contributed by atoms with E-state index in [1.165, 1.54) is 5.48 Å². The highest BCUT2D eigenvalue weighted by molar-refractivity contribution is 5.80. The van der Waals surface area contributed by atoms with E-state index in [4.69, 9.17) is 5.21 Å². The van der Waals surface area contributed by atoms with Gasteiger partial charge in [-0.05, 0) is 5.56 Å². The fourth-order valence-electron chi connectivity index (χ4n) is 0.848. The monoisotopic (exact) mass is 167 g/mol. The molecular formula is C8H9NO3. The van der Waals surface area contributed by atoms with Gasteiger partial charge in [0.2, 0.25) is 0 Å². The summed E-state index contributed by atoms with van der Waals surface area (Å²) in [6, 6.07) is 8.36. The number of carbonyl (C=O) groups excluding carboxylic acids is 1. The summed E-state index contributed by atoms with van der Waals surface area (Å²) in [5.41, 5.74) is 1.82. The summed E-state index contributed by atoms with van der Waals surface area (Å²) in [5.74, 6) is -0.832. The first kappa shape index (κ1) is 8.70. The molecule has 0 fully saturated rings. The first-order chi connectivity index (χ1) is 5.75. The topological polar surface area (TPSA) is 69.6 Å². The Balaban J connectivity index is 2.78. The summed E-state index contributed by atoms with van der Waals surface area (Å²) in [4.78, 5) is 10.7. The van der Waals surface area contributed by atoms with Crippen molar-refractivity contribution in [3.63, 3.8) is 0 Å². The van der Waals surface area contributed by atoms with Crippen molar-refractivity contribution < 1.29 is 15.1 Å². The van der Waals surface area contributed by atoms with Crippen molar-refractivity contribution >= 4 is 5.91 Å². The standard InChI is InChI=1S/C8H9NO3/c10-7(8(11)9-12)6-4-2-1-3-5-6/h1-5,7,10,12H,(H,9,11)/t7-/m1/s1. The maximum Gasteiger partial charge on any atom is 0.276 e. The molecule has 1 atom stereocenters. The van der Waals surface area contributed by atoms with Crippen LogP contribution in [0, 0.1) is 0 Å². The third-order valence-electron chi connectivity index (χ3n) is 1.47. The fraction of sp³-hybridized carbons (Fsp3) is 0.125. The number of carbonyl (C=O) groups is 1. The molecule has 4 nitrogen and oxygen atoms in total. The number of amides is 1. The third kappa shape index (κ3) is 1.81. The molecule has 0 bridgehead atoms. The highest BCUT2D eigenvalue weighted by Crippen LogP contribution is 2.10. The van der Waals surface area contributed by atoms with Gasteiger partial charge in [0.15, 0.2) is 6.10 Å². The molecule has 3 N–H and O–H groups in total. The molecule has 0 radical (unpaired) electrons. The van der Waals surface area contributed by atoms with Crippen molar-refractivity contribution in [2.24, 2.45) is 0 Å². The molecule has 0 aliphatic rings. The molecule has 0 aromatic heterocycles. The van der Waals surface area contributed by atoms with Crippen LogP contribution in [-0.2, 0) is 4.79 Å². The first-order valence-corrected chi connectivity index (χ1v) is 3.42. The zero-order chi connectivity index (χ0) is 8.97. The highest BCUT2D eigenvalue weighted by Gasteiger charge is 2.15. The molecule has 0 unspecified atom stereocenters. The van der Waals surface area contributed by atoms with Crippen molar-refractivity contribution in [3.05, 3.63) is 35.9 Å². The second-order valence-corrected chi connectivity index (χ2v) is 2.29. The van der Waals surface area contributed by atoms with Gasteiger partial charge < -0.3 is 5.11 Å². The summed E-state index contributed by atoms with van der Waals surface area (Å²) in [6.45, 7) is 0. The van der Waals surface area contributed by atoms with Gasteiger partial charge in [-0.3, -0.25) is 10.0 Å². The van der Waals surface area contributed by atoms with Gasteiger partial charge in [-0.15, -0.1) is 0 Å². The van der Waals surface area contributed by atoms with E-state index in [9.17, 15) is 9.90 Å². The molecule has 12 heavy (non-hydrogen) atoms. The lowest BCUT2D eigenvalue weighted by Gasteiger charge is -2.07. The average molecular weight is 167 g/mol. The van der Waals surface area contributed by atoms with Crippen LogP contribution in [0.2, 0.25) is 0 Å². The lowest BCUT2D eigenvalue weighted by atomic mass is 10.1. The van der Waals surface area contributed by atoms with E-state index in [1.807, 2.05) is 0 Å². The second-order valence-electron chi connectivity index (χ2n) is 2.29. The molecule has 0 saturated carbocycles. The Morgan fingerprint density at radius 3 is 2.42 bits per heavy atom. The number of benzene rings is 1. The molecule has 0 aliphatic heterocycles. The van der Waals surface area contributed by atoms with E-state index in [0.29, 0.717) is 5.56 Å². The Labute approximate surface area is 69.4 Å². The Morgan fingerprint density at radius 1 is 1.33 bits per heavy atom. The Bertz CT molecular complexity index is 260. The van der Waals surface area contributed by atoms with Crippen LogP contribution in [-0.4, -0.2) is 16.2 Å².